The lowest BCUT2D eigenvalue weighted by atomic mass is 9.94. The number of hydrogen-bond donors (Lipinski definition) is 1. The van der Waals surface area contributed by atoms with Gasteiger partial charge in [-0.1, -0.05) is 26.6 Å². The molecule has 2 unspecified atom stereocenters. The second-order valence-corrected chi connectivity index (χ2v) is 13.2. The van der Waals surface area contributed by atoms with Gasteiger partial charge >= 0.3 is 5.97 Å². The fraction of sp³-hybridized carbons (Fsp3) is 0.421. The Morgan fingerprint density at radius 1 is 1.18 bits per heavy atom. The molecule has 0 spiro atoms. The minimum absolute atomic E-state index is 0.00229. The summed E-state index contributed by atoms with van der Waals surface area (Å²) in [5.74, 6) is -3.13. The van der Waals surface area contributed by atoms with Crippen molar-refractivity contribution in [2.45, 2.75) is 38.1 Å². The number of nitrogens with zero attached hydrogens (tertiary/aromatic N) is 1. The summed E-state index contributed by atoms with van der Waals surface area (Å²) in [4.78, 5) is 29.9. The number of amidine groups is 1. The van der Waals surface area contributed by atoms with Crippen molar-refractivity contribution in [1.29, 1.82) is 0 Å². The number of ether oxygens (including phenoxy) is 2. The zero-order valence-electron chi connectivity index (χ0n) is 16.7. The molecule has 6 nitrogen and oxygen atoms in total. The van der Waals surface area contributed by atoms with Gasteiger partial charge in [0, 0.05) is 11.1 Å². The van der Waals surface area contributed by atoms with E-state index in [1.165, 1.54) is 20.3 Å². The van der Waals surface area contributed by atoms with Gasteiger partial charge in [-0.25, -0.2) is 13.6 Å². The first kappa shape index (κ1) is 21.7. The molecule has 2 rings (SSSR count). The van der Waals surface area contributed by atoms with Crippen LogP contribution in [-0.4, -0.2) is 46.1 Å². The highest BCUT2D eigenvalue weighted by Crippen LogP contribution is 2.32. The maximum Gasteiger partial charge on any atom is 0.338 e. The Kier molecular flexibility index (Phi) is 6.38. The third kappa shape index (κ3) is 4.29. The number of hydrogen-bond acceptors (Lipinski definition) is 6. The number of benzene rings is 1. The van der Waals surface area contributed by atoms with Gasteiger partial charge in [-0.05, 0) is 18.2 Å². The highest BCUT2D eigenvalue weighted by molar-refractivity contribution is 6.80. The second kappa shape index (κ2) is 8.22. The molecular formula is C19H24F2N2O4Si. The number of aliphatic imine (C=N–C) groups is 1. The molecule has 0 bridgehead atoms. The van der Waals surface area contributed by atoms with Gasteiger partial charge in [-0.3, -0.25) is 4.79 Å². The molecule has 1 aromatic rings. The molecule has 0 aliphatic carbocycles. The molecule has 2 atom stereocenters. The number of esters is 1. The number of carbonyl (C=O) groups is 2. The molecule has 1 aliphatic heterocycles. The molecule has 28 heavy (non-hydrogen) atoms. The molecule has 152 valence electrons. The van der Waals surface area contributed by atoms with Crippen LogP contribution in [0.25, 0.3) is 5.70 Å². The van der Waals surface area contributed by atoms with Gasteiger partial charge in [0.15, 0.2) is 17.4 Å². The topological polar surface area (TPSA) is 77.0 Å². The van der Waals surface area contributed by atoms with Crippen molar-refractivity contribution in [2.24, 2.45) is 4.99 Å². The predicted octanol–water partition coefficient (Wildman–Crippen LogP) is 3.12. The van der Waals surface area contributed by atoms with Crippen LogP contribution in [0, 0.1) is 11.6 Å². The molecule has 1 N–H and O–H groups in total. The van der Waals surface area contributed by atoms with Gasteiger partial charge < -0.3 is 14.8 Å². The third-order valence-corrected chi connectivity index (χ3v) is 7.71. The number of ketones is 1. The lowest BCUT2D eigenvalue weighted by Crippen LogP contribution is -2.51. The van der Waals surface area contributed by atoms with Crippen molar-refractivity contribution in [3.05, 3.63) is 41.0 Å². The summed E-state index contributed by atoms with van der Waals surface area (Å²) in [5.41, 5.74) is -0.229. The first-order valence-corrected chi connectivity index (χ1v) is 12.3. The van der Waals surface area contributed by atoms with Gasteiger partial charge in [-0.15, -0.1) is 0 Å². The van der Waals surface area contributed by atoms with Crippen molar-refractivity contribution in [2.75, 3.05) is 14.2 Å². The zero-order valence-corrected chi connectivity index (χ0v) is 17.7. The van der Waals surface area contributed by atoms with Crippen LogP contribution in [-0.2, 0) is 19.1 Å². The van der Waals surface area contributed by atoms with Crippen LogP contribution in [0.2, 0.25) is 25.2 Å². The van der Waals surface area contributed by atoms with E-state index in [0.717, 1.165) is 12.1 Å². The number of carbonyl (C=O) groups excluding carboxylic acids is 2. The van der Waals surface area contributed by atoms with Crippen LogP contribution in [0.3, 0.4) is 0 Å². The summed E-state index contributed by atoms with van der Waals surface area (Å²) < 4.78 is 37.2. The number of rotatable bonds is 5. The van der Waals surface area contributed by atoms with Gasteiger partial charge in [0.05, 0.1) is 33.6 Å². The lowest BCUT2D eigenvalue weighted by Gasteiger charge is -2.32. The van der Waals surface area contributed by atoms with E-state index in [1.54, 1.807) is 0 Å². The first-order chi connectivity index (χ1) is 13.0. The summed E-state index contributed by atoms with van der Waals surface area (Å²) in [6, 6.07) is 2.04. The number of Topliss-reactive ketones (excluding diaryl/α,β-unsaturated/α-hetero) is 1. The second-order valence-electron chi connectivity index (χ2n) is 7.57. The highest BCUT2D eigenvalue weighted by Gasteiger charge is 2.41. The Bertz CT molecular complexity index is 862. The van der Waals surface area contributed by atoms with E-state index in [-0.39, 0.29) is 34.2 Å². The smallest absolute Gasteiger partial charge is 0.338 e. The largest absolute Gasteiger partial charge is 0.468 e. The molecule has 0 fully saturated rings. The summed E-state index contributed by atoms with van der Waals surface area (Å²) in [5, 5.41) is 2.82. The van der Waals surface area contributed by atoms with Crippen LogP contribution in [0.5, 0.6) is 0 Å². The van der Waals surface area contributed by atoms with Gasteiger partial charge in [0.2, 0.25) is 0 Å². The predicted molar refractivity (Wildman–Crippen MR) is 104 cm³/mol. The Balaban J connectivity index is 2.70. The number of nitrogens with one attached hydrogen (secondary N) is 1. The Hall–Kier alpha value is -2.55. The molecule has 1 aliphatic rings. The van der Waals surface area contributed by atoms with E-state index in [0.29, 0.717) is 0 Å². The molecule has 0 radical (unpaired) electrons. The van der Waals surface area contributed by atoms with Crippen molar-refractivity contribution in [3.63, 3.8) is 0 Å². The Morgan fingerprint density at radius 3 is 2.32 bits per heavy atom. The zero-order chi connectivity index (χ0) is 21.2. The van der Waals surface area contributed by atoms with Crippen molar-refractivity contribution in [1.82, 2.24) is 5.32 Å². The SMILES string of the molecule is COC(=O)C1=C(c2ccc(F)c(F)c2)N=C(OC)NC1C(=O)C(C)[Si](C)(C)C. The van der Waals surface area contributed by atoms with Gasteiger partial charge in [0.1, 0.15) is 6.04 Å². The third-order valence-electron chi connectivity index (χ3n) is 4.83. The molecule has 0 aromatic heterocycles. The van der Waals surface area contributed by atoms with Crippen LogP contribution in [0.1, 0.15) is 12.5 Å². The van der Waals surface area contributed by atoms with Gasteiger partial charge in [-0.2, -0.15) is 4.99 Å². The first-order valence-electron chi connectivity index (χ1n) is 8.72. The van der Waals surface area contributed by atoms with Crippen LogP contribution in [0.15, 0.2) is 28.8 Å². The quantitative estimate of drug-likeness (QED) is 0.596. The van der Waals surface area contributed by atoms with E-state index in [1.807, 2.05) is 26.6 Å². The van der Waals surface area contributed by atoms with Crippen molar-refractivity contribution in [3.8, 4) is 0 Å². The minimum Gasteiger partial charge on any atom is -0.468 e. The molecular weight excluding hydrogens is 386 g/mol. The number of halogens is 2. The summed E-state index contributed by atoms with van der Waals surface area (Å²) in [6.07, 6.45) is 0. The average Bonchev–Trinajstić information content (AvgIpc) is 2.66. The van der Waals surface area contributed by atoms with E-state index in [2.05, 4.69) is 10.3 Å². The Labute approximate surface area is 163 Å². The van der Waals surface area contributed by atoms with Crippen molar-refractivity contribution >= 4 is 31.5 Å². The minimum atomic E-state index is -1.89. The molecule has 1 heterocycles. The Morgan fingerprint density at radius 2 is 1.82 bits per heavy atom. The summed E-state index contributed by atoms with van der Waals surface area (Å²) >= 11 is 0. The standard InChI is InChI=1S/C19H24F2N2O4Si/c1-10(28(4,5)6)17(24)16-14(18(25)26-2)15(22-19(23-16)27-3)11-7-8-12(20)13(21)9-11/h7-10,16H,1-6H3,(H,22,23). The fourth-order valence-corrected chi connectivity index (χ4v) is 3.73. The fourth-order valence-electron chi connectivity index (χ4n) is 2.71. The van der Waals surface area contributed by atoms with E-state index >= 15 is 0 Å². The molecule has 0 amide bonds. The van der Waals surface area contributed by atoms with Crippen molar-refractivity contribution < 1.29 is 27.8 Å². The monoisotopic (exact) mass is 410 g/mol. The number of methoxy groups -OCH3 is 2. The molecule has 9 heteroatoms. The maximum atomic E-state index is 13.8. The normalized spacial score (nSPS) is 18.1. The van der Waals surface area contributed by atoms with E-state index in [9.17, 15) is 18.4 Å². The maximum absolute atomic E-state index is 13.8. The van der Waals surface area contributed by atoms with E-state index in [4.69, 9.17) is 9.47 Å². The van der Waals surface area contributed by atoms with Gasteiger partial charge in [0.25, 0.3) is 6.02 Å². The van der Waals surface area contributed by atoms with E-state index < -0.39 is 31.7 Å². The van der Waals surface area contributed by atoms with Crippen LogP contribution in [0.4, 0.5) is 8.78 Å². The molecule has 0 saturated heterocycles. The average molecular weight is 410 g/mol. The summed E-state index contributed by atoms with van der Waals surface area (Å²) in [6.45, 7) is 7.95. The molecule has 0 saturated carbocycles. The van der Waals surface area contributed by atoms with Crippen LogP contribution >= 0.6 is 0 Å². The molecule has 1 aromatic carbocycles. The summed E-state index contributed by atoms with van der Waals surface area (Å²) in [7, 11) is 0.640. The van der Waals surface area contributed by atoms with Crippen LogP contribution < -0.4 is 5.32 Å². The lowest BCUT2D eigenvalue weighted by molar-refractivity contribution is -0.137. The highest BCUT2D eigenvalue weighted by atomic mass is 28.3.